The molecule has 134 valence electrons. The Labute approximate surface area is 149 Å². The zero-order valence-electron chi connectivity index (χ0n) is 15.3. The molecule has 0 bridgehead atoms. The number of carbonyl (C=O) groups is 1. The second-order valence-corrected chi connectivity index (χ2v) is 7.53. The molecule has 2 heterocycles. The normalized spacial score (nSPS) is 18.2. The van der Waals surface area contributed by atoms with Crippen molar-refractivity contribution in [3.05, 3.63) is 48.0 Å². The third-order valence-corrected chi connectivity index (χ3v) is 5.01. The SMILES string of the molecule is Cc1ccc(C(C)(C)CNC(=O)N2CCC[C@@H](n3cncn3)C2)cc1. The quantitative estimate of drug-likeness (QED) is 0.930. The van der Waals surface area contributed by atoms with E-state index in [9.17, 15) is 4.79 Å². The third kappa shape index (κ3) is 4.18. The van der Waals surface area contributed by atoms with E-state index in [1.165, 1.54) is 11.1 Å². The number of hydrogen-bond acceptors (Lipinski definition) is 3. The van der Waals surface area contributed by atoms with Crippen LogP contribution < -0.4 is 5.32 Å². The van der Waals surface area contributed by atoms with E-state index in [1.54, 1.807) is 12.7 Å². The van der Waals surface area contributed by atoms with E-state index in [2.05, 4.69) is 60.4 Å². The molecule has 0 spiro atoms. The Morgan fingerprint density at radius 1 is 1.32 bits per heavy atom. The maximum atomic E-state index is 12.6. The molecule has 6 heteroatoms. The van der Waals surface area contributed by atoms with E-state index in [0.29, 0.717) is 13.1 Å². The summed E-state index contributed by atoms with van der Waals surface area (Å²) in [5.41, 5.74) is 2.37. The standard InChI is InChI=1S/C19H27N5O/c1-15-6-8-16(9-7-15)19(2,3)12-21-18(25)23-10-4-5-17(11-23)24-14-20-13-22-24/h6-9,13-14,17H,4-5,10-12H2,1-3H3,(H,21,25)/t17-/m1/s1. The molecule has 0 radical (unpaired) electrons. The smallest absolute Gasteiger partial charge is 0.317 e. The second kappa shape index (κ2) is 7.25. The van der Waals surface area contributed by atoms with Crippen molar-refractivity contribution >= 4 is 6.03 Å². The summed E-state index contributed by atoms with van der Waals surface area (Å²) in [6.45, 7) is 8.49. The van der Waals surface area contributed by atoms with Crippen molar-refractivity contribution in [3.8, 4) is 0 Å². The van der Waals surface area contributed by atoms with Gasteiger partial charge in [0.1, 0.15) is 12.7 Å². The lowest BCUT2D eigenvalue weighted by molar-refractivity contribution is 0.161. The van der Waals surface area contributed by atoms with Crippen LogP contribution in [0.2, 0.25) is 0 Å². The molecule has 1 aliphatic heterocycles. The summed E-state index contributed by atoms with van der Waals surface area (Å²) in [6.07, 6.45) is 5.29. The van der Waals surface area contributed by atoms with Gasteiger partial charge in [0, 0.05) is 25.0 Å². The molecular formula is C19H27N5O. The number of nitrogens with zero attached hydrogens (tertiary/aromatic N) is 4. The van der Waals surface area contributed by atoms with Crippen LogP contribution in [0.3, 0.4) is 0 Å². The molecule has 0 aliphatic carbocycles. The van der Waals surface area contributed by atoms with E-state index in [1.807, 2.05) is 9.58 Å². The predicted molar refractivity (Wildman–Crippen MR) is 97.5 cm³/mol. The number of aryl methyl sites for hydroxylation is 1. The van der Waals surface area contributed by atoms with Gasteiger partial charge in [0.05, 0.1) is 6.04 Å². The Morgan fingerprint density at radius 2 is 2.08 bits per heavy atom. The molecule has 1 aromatic heterocycles. The second-order valence-electron chi connectivity index (χ2n) is 7.53. The van der Waals surface area contributed by atoms with Gasteiger partial charge in [-0.05, 0) is 25.3 Å². The predicted octanol–water partition coefficient (Wildman–Crippen LogP) is 2.91. The van der Waals surface area contributed by atoms with Crippen molar-refractivity contribution in [2.75, 3.05) is 19.6 Å². The maximum absolute atomic E-state index is 12.6. The summed E-state index contributed by atoms with van der Waals surface area (Å²) in [6, 6.07) is 8.74. The van der Waals surface area contributed by atoms with Crippen molar-refractivity contribution in [2.24, 2.45) is 0 Å². The van der Waals surface area contributed by atoms with E-state index in [-0.39, 0.29) is 17.5 Å². The molecule has 6 nitrogen and oxygen atoms in total. The number of hydrogen-bond donors (Lipinski definition) is 1. The van der Waals surface area contributed by atoms with Crippen LogP contribution in [0.15, 0.2) is 36.9 Å². The van der Waals surface area contributed by atoms with Gasteiger partial charge in [0.25, 0.3) is 0 Å². The minimum atomic E-state index is -0.107. The Hall–Kier alpha value is -2.37. The first-order valence-corrected chi connectivity index (χ1v) is 8.90. The van der Waals surface area contributed by atoms with Gasteiger partial charge in [0.15, 0.2) is 0 Å². The van der Waals surface area contributed by atoms with Gasteiger partial charge in [-0.25, -0.2) is 14.5 Å². The lowest BCUT2D eigenvalue weighted by Crippen LogP contribution is -2.48. The molecule has 0 saturated carbocycles. The molecule has 25 heavy (non-hydrogen) atoms. The summed E-state index contributed by atoms with van der Waals surface area (Å²) in [5.74, 6) is 0. The number of amides is 2. The van der Waals surface area contributed by atoms with Crippen LogP contribution in [0.25, 0.3) is 0 Å². The van der Waals surface area contributed by atoms with Gasteiger partial charge in [-0.3, -0.25) is 0 Å². The zero-order valence-corrected chi connectivity index (χ0v) is 15.3. The van der Waals surface area contributed by atoms with Crippen molar-refractivity contribution in [1.82, 2.24) is 25.0 Å². The lowest BCUT2D eigenvalue weighted by atomic mass is 9.84. The number of carbonyl (C=O) groups excluding carboxylic acids is 1. The summed E-state index contributed by atoms with van der Waals surface area (Å²) in [4.78, 5) is 18.5. The highest BCUT2D eigenvalue weighted by molar-refractivity contribution is 5.74. The lowest BCUT2D eigenvalue weighted by Gasteiger charge is -2.34. The van der Waals surface area contributed by atoms with E-state index in [0.717, 1.165) is 19.4 Å². The average molecular weight is 341 g/mol. The van der Waals surface area contributed by atoms with Gasteiger partial charge in [-0.15, -0.1) is 0 Å². The molecule has 1 saturated heterocycles. The number of piperidine rings is 1. The maximum Gasteiger partial charge on any atom is 0.317 e. The minimum Gasteiger partial charge on any atom is -0.337 e. The van der Waals surface area contributed by atoms with Gasteiger partial charge < -0.3 is 10.2 Å². The van der Waals surface area contributed by atoms with Crippen molar-refractivity contribution < 1.29 is 4.79 Å². The highest BCUT2D eigenvalue weighted by atomic mass is 16.2. The van der Waals surface area contributed by atoms with Crippen molar-refractivity contribution in [3.63, 3.8) is 0 Å². The largest absolute Gasteiger partial charge is 0.337 e. The van der Waals surface area contributed by atoms with E-state index < -0.39 is 0 Å². The number of benzene rings is 1. The number of nitrogens with one attached hydrogen (secondary N) is 1. The molecule has 1 N–H and O–H groups in total. The average Bonchev–Trinajstić information content (AvgIpc) is 3.15. The van der Waals surface area contributed by atoms with Crippen LogP contribution in [-0.4, -0.2) is 45.3 Å². The number of urea groups is 1. The molecular weight excluding hydrogens is 314 g/mol. The monoisotopic (exact) mass is 341 g/mol. The molecule has 1 atom stereocenters. The summed E-state index contributed by atoms with van der Waals surface area (Å²) in [7, 11) is 0. The van der Waals surface area contributed by atoms with Crippen LogP contribution in [-0.2, 0) is 5.41 Å². The minimum absolute atomic E-state index is 0.00463. The van der Waals surface area contributed by atoms with E-state index in [4.69, 9.17) is 0 Å². The van der Waals surface area contributed by atoms with Crippen LogP contribution in [0.1, 0.15) is 43.9 Å². The Balaban J connectivity index is 1.57. The molecule has 3 rings (SSSR count). The Morgan fingerprint density at radius 3 is 2.76 bits per heavy atom. The number of rotatable bonds is 4. The number of likely N-dealkylation sites (tertiary alicyclic amines) is 1. The molecule has 2 aromatic rings. The molecule has 1 aromatic carbocycles. The van der Waals surface area contributed by atoms with Gasteiger partial charge in [-0.1, -0.05) is 43.7 Å². The van der Waals surface area contributed by atoms with Crippen molar-refractivity contribution in [2.45, 2.75) is 45.1 Å². The van der Waals surface area contributed by atoms with Crippen LogP contribution in [0.5, 0.6) is 0 Å². The van der Waals surface area contributed by atoms with Crippen LogP contribution in [0, 0.1) is 6.92 Å². The number of aromatic nitrogens is 3. The zero-order chi connectivity index (χ0) is 17.9. The van der Waals surface area contributed by atoms with E-state index >= 15 is 0 Å². The molecule has 2 amide bonds. The third-order valence-electron chi connectivity index (χ3n) is 5.01. The topological polar surface area (TPSA) is 63.1 Å². The summed E-state index contributed by atoms with van der Waals surface area (Å²) < 4.78 is 1.86. The van der Waals surface area contributed by atoms with Gasteiger partial charge in [0.2, 0.25) is 0 Å². The Kier molecular flexibility index (Phi) is 5.06. The summed E-state index contributed by atoms with van der Waals surface area (Å²) >= 11 is 0. The van der Waals surface area contributed by atoms with Crippen molar-refractivity contribution in [1.29, 1.82) is 0 Å². The summed E-state index contributed by atoms with van der Waals surface area (Å²) in [5, 5.41) is 7.33. The first-order chi connectivity index (χ1) is 12.0. The van der Waals surface area contributed by atoms with Crippen LogP contribution >= 0.6 is 0 Å². The Bertz CT molecular complexity index is 693. The fourth-order valence-electron chi connectivity index (χ4n) is 3.28. The highest BCUT2D eigenvalue weighted by Crippen LogP contribution is 2.23. The fourth-order valence-corrected chi connectivity index (χ4v) is 3.28. The fraction of sp³-hybridized carbons (Fsp3) is 0.526. The first kappa shape index (κ1) is 17.5. The van der Waals surface area contributed by atoms with Crippen LogP contribution in [0.4, 0.5) is 4.79 Å². The highest BCUT2D eigenvalue weighted by Gasteiger charge is 2.27. The molecule has 0 unspecified atom stereocenters. The van der Waals surface area contributed by atoms with Gasteiger partial charge in [-0.2, -0.15) is 5.10 Å². The first-order valence-electron chi connectivity index (χ1n) is 8.90. The molecule has 1 fully saturated rings. The van der Waals surface area contributed by atoms with Gasteiger partial charge >= 0.3 is 6.03 Å². The molecule has 1 aliphatic rings.